The van der Waals surface area contributed by atoms with E-state index in [-0.39, 0.29) is 18.1 Å². The van der Waals surface area contributed by atoms with Crippen LogP contribution < -0.4 is 5.32 Å². The second-order valence-corrected chi connectivity index (χ2v) is 5.17. The van der Waals surface area contributed by atoms with E-state index in [1.807, 2.05) is 0 Å². The van der Waals surface area contributed by atoms with E-state index < -0.39 is 16.9 Å². The van der Waals surface area contributed by atoms with Crippen molar-refractivity contribution in [3.63, 3.8) is 0 Å². The smallest absolute Gasteiger partial charge is 0.320 e. The number of nitro benzene ring substituents is 1. The van der Waals surface area contributed by atoms with Crippen molar-refractivity contribution >= 4 is 23.3 Å². The molecule has 0 radical (unpaired) electrons. The van der Waals surface area contributed by atoms with Gasteiger partial charge in [-0.05, 0) is 31.5 Å². The third kappa shape index (κ3) is 4.01. The molecule has 1 aliphatic rings. The Hall–Kier alpha value is -2.48. The Kier molecular flexibility index (Phi) is 5.05. The van der Waals surface area contributed by atoms with Crippen molar-refractivity contribution in [1.29, 1.82) is 0 Å². The summed E-state index contributed by atoms with van der Waals surface area (Å²) in [6.45, 7) is 0.568. The molecule has 0 aliphatic carbocycles. The number of nitrogens with zero attached hydrogens (tertiary/aromatic N) is 2. The molecule has 1 aromatic rings. The van der Waals surface area contributed by atoms with Gasteiger partial charge in [0, 0.05) is 17.8 Å². The lowest BCUT2D eigenvalue weighted by molar-refractivity contribution is -0.384. The maximum absolute atomic E-state index is 12.0. The second-order valence-electron chi connectivity index (χ2n) is 5.17. The highest BCUT2D eigenvalue weighted by atomic mass is 16.6. The first kappa shape index (κ1) is 15.9. The van der Waals surface area contributed by atoms with Crippen LogP contribution in [0, 0.1) is 10.1 Å². The Morgan fingerprint density at radius 3 is 2.59 bits per heavy atom. The lowest BCUT2D eigenvalue weighted by Crippen LogP contribution is -2.47. The van der Waals surface area contributed by atoms with E-state index in [2.05, 4.69) is 5.32 Å². The molecule has 0 saturated carbocycles. The number of rotatable bonds is 5. The SMILES string of the molecule is O=C(CN1CCCCC1C(=O)O)Nc1ccc([N+](=O)[O-])cc1. The molecule has 1 aromatic carbocycles. The topological polar surface area (TPSA) is 113 Å². The normalized spacial score (nSPS) is 18.6. The fourth-order valence-corrected chi connectivity index (χ4v) is 2.51. The van der Waals surface area contributed by atoms with Gasteiger partial charge in [-0.2, -0.15) is 0 Å². The number of nitrogens with one attached hydrogen (secondary N) is 1. The standard InChI is InChI=1S/C14H17N3O5/c18-13(9-16-8-2-1-3-12(16)14(19)20)15-10-4-6-11(7-5-10)17(21)22/h4-7,12H,1-3,8-9H2,(H,15,18)(H,19,20). The van der Waals surface area contributed by atoms with Crippen LogP contribution in [0.25, 0.3) is 0 Å². The number of aliphatic carboxylic acids is 1. The van der Waals surface area contributed by atoms with Gasteiger partial charge in [0.25, 0.3) is 5.69 Å². The average Bonchev–Trinajstić information content (AvgIpc) is 2.48. The number of anilines is 1. The summed E-state index contributed by atoms with van der Waals surface area (Å²) in [4.78, 5) is 34.8. The molecule has 8 nitrogen and oxygen atoms in total. The largest absolute Gasteiger partial charge is 0.480 e. The van der Waals surface area contributed by atoms with Crippen LogP contribution in [0.3, 0.4) is 0 Å². The predicted molar refractivity (Wildman–Crippen MR) is 78.6 cm³/mol. The molecule has 0 spiro atoms. The van der Waals surface area contributed by atoms with Crippen molar-refractivity contribution in [3.8, 4) is 0 Å². The van der Waals surface area contributed by atoms with E-state index >= 15 is 0 Å². The number of likely N-dealkylation sites (tertiary alicyclic amines) is 1. The lowest BCUT2D eigenvalue weighted by Gasteiger charge is -2.32. The Balaban J connectivity index is 1.94. The molecule has 1 saturated heterocycles. The minimum absolute atomic E-state index is 0.00600. The Morgan fingerprint density at radius 2 is 2.00 bits per heavy atom. The van der Waals surface area contributed by atoms with E-state index in [0.717, 1.165) is 12.8 Å². The van der Waals surface area contributed by atoms with Crippen molar-refractivity contribution < 1.29 is 19.6 Å². The summed E-state index contributed by atoms with van der Waals surface area (Å²) in [5.41, 5.74) is 0.388. The predicted octanol–water partition coefficient (Wildman–Crippen LogP) is 1.47. The van der Waals surface area contributed by atoms with Gasteiger partial charge in [-0.3, -0.25) is 24.6 Å². The van der Waals surface area contributed by atoms with Crippen LogP contribution in [0.2, 0.25) is 0 Å². The third-order valence-corrected chi connectivity index (χ3v) is 3.61. The van der Waals surface area contributed by atoms with Gasteiger partial charge in [0.15, 0.2) is 0 Å². The number of nitro groups is 1. The minimum atomic E-state index is -0.914. The van der Waals surface area contributed by atoms with Gasteiger partial charge >= 0.3 is 5.97 Å². The molecular weight excluding hydrogens is 290 g/mol. The molecule has 2 rings (SSSR count). The number of carboxylic acid groups (broad SMARTS) is 1. The summed E-state index contributed by atoms with van der Waals surface area (Å²) in [7, 11) is 0. The van der Waals surface area contributed by atoms with E-state index in [1.165, 1.54) is 24.3 Å². The summed E-state index contributed by atoms with van der Waals surface area (Å²) < 4.78 is 0. The first-order valence-corrected chi connectivity index (χ1v) is 6.98. The van der Waals surface area contributed by atoms with Crippen LogP contribution in [-0.2, 0) is 9.59 Å². The van der Waals surface area contributed by atoms with Crippen LogP contribution in [-0.4, -0.2) is 45.9 Å². The highest BCUT2D eigenvalue weighted by Gasteiger charge is 2.29. The van der Waals surface area contributed by atoms with Crippen molar-refractivity contribution in [2.24, 2.45) is 0 Å². The number of carbonyl (C=O) groups is 2. The number of non-ortho nitro benzene ring substituents is 1. The quantitative estimate of drug-likeness (QED) is 0.629. The molecular formula is C14H17N3O5. The molecule has 0 bridgehead atoms. The molecule has 118 valence electrons. The molecule has 1 atom stereocenters. The highest BCUT2D eigenvalue weighted by molar-refractivity contribution is 5.92. The molecule has 8 heteroatoms. The maximum Gasteiger partial charge on any atom is 0.320 e. The molecule has 0 aromatic heterocycles. The monoisotopic (exact) mass is 307 g/mol. The summed E-state index contributed by atoms with van der Waals surface area (Å²) in [6, 6.07) is 4.87. The van der Waals surface area contributed by atoms with E-state index in [1.54, 1.807) is 4.90 Å². The number of piperidine rings is 1. The number of carbonyl (C=O) groups excluding carboxylic acids is 1. The van der Waals surface area contributed by atoms with Crippen LogP contribution in [0.5, 0.6) is 0 Å². The van der Waals surface area contributed by atoms with Crippen LogP contribution in [0.4, 0.5) is 11.4 Å². The molecule has 1 aliphatic heterocycles. The number of amides is 1. The Bertz CT molecular complexity index is 572. The summed E-state index contributed by atoms with van der Waals surface area (Å²) >= 11 is 0. The maximum atomic E-state index is 12.0. The number of carboxylic acids is 1. The molecule has 1 unspecified atom stereocenters. The summed E-state index contributed by atoms with van der Waals surface area (Å²) in [5.74, 6) is -1.25. The van der Waals surface area contributed by atoms with Crippen LogP contribution in [0.15, 0.2) is 24.3 Å². The van der Waals surface area contributed by atoms with Gasteiger partial charge < -0.3 is 10.4 Å². The van der Waals surface area contributed by atoms with Gasteiger partial charge in [-0.25, -0.2) is 0 Å². The molecule has 22 heavy (non-hydrogen) atoms. The minimum Gasteiger partial charge on any atom is -0.480 e. The van der Waals surface area contributed by atoms with Gasteiger partial charge in [0.05, 0.1) is 11.5 Å². The zero-order chi connectivity index (χ0) is 16.1. The van der Waals surface area contributed by atoms with Gasteiger partial charge in [0.1, 0.15) is 6.04 Å². The van der Waals surface area contributed by atoms with Crippen LogP contribution in [0.1, 0.15) is 19.3 Å². The number of hydrogen-bond donors (Lipinski definition) is 2. The van der Waals surface area contributed by atoms with Crippen molar-refractivity contribution in [1.82, 2.24) is 4.90 Å². The molecule has 1 amide bonds. The van der Waals surface area contributed by atoms with Gasteiger partial charge in [-0.15, -0.1) is 0 Å². The summed E-state index contributed by atoms with van der Waals surface area (Å²) in [5, 5.41) is 22.3. The van der Waals surface area contributed by atoms with Crippen LogP contribution >= 0.6 is 0 Å². The highest BCUT2D eigenvalue weighted by Crippen LogP contribution is 2.18. The zero-order valence-electron chi connectivity index (χ0n) is 11.9. The number of hydrogen-bond acceptors (Lipinski definition) is 5. The van der Waals surface area contributed by atoms with Gasteiger partial charge in [0.2, 0.25) is 5.91 Å². The zero-order valence-corrected chi connectivity index (χ0v) is 11.9. The van der Waals surface area contributed by atoms with Crippen molar-refractivity contribution in [3.05, 3.63) is 34.4 Å². The third-order valence-electron chi connectivity index (χ3n) is 3.61. The van der Waals surface area contributed by atoms with E-state index in [9.17, 15) is 19.7 Å². The first-order chi connectivity index (χ1) is 10.5. The Labute approximate surface area is 126 Å². The molecule has 1 fully saturated rings. The Morgan fingerprint density at radius 1 is 1.32 bits per heavy atom. The fourth-order valence-electron chi connectivity index (χ4n) is 2.51. The lowest BCUT2D eigenvalue weighted by atomic mass is 10.0. The van der Waals surface area contributed by atoms with Crippen molar-refractivity contribution in [2.75, 3.05) is 18.4 Å². The summed E-state index contributed by atoms with van der Waals surface area (Å²) in [6.07, 6.45) is 2.26. The van der Waals surface area contributed by atoms with Gasteiger partial charge in [-0.1, -0.05) is 6.42 Å². The average molecular weight is 307 g/mol. The van der Waals surface area contributed by atoms with Crippen molar-refractivity contribution in [2.45, 2.75) is 25.3 Å². The molecule has 1 heterocycles. The second kappa shape index (κ2) is 6.99. The first-order valence-electron chi connectivity index (χ1n) is 6.98. The number of benzene rings is 1. The van der Waals surface area contributed by atoms with E-state index in [4.69, 9.17) is 5.11 Å². The van der Waals surface area contributed by atoms with E-state index in [0.29, 0.717) is 18.7 Å². The fraction of sp³-hybridized carbons (Fsp3) is 0.429. The molecule has 2 N–H and O–H groups in total.